The number of allylic oxidation sites excluding steroid dienone is 2. The van der Waals surface area contributed by atoms with Crippen LogP contribution in [-0.2, 0) is 0 Å². The van der Waals surface area contributed by atoms with Crippen molar-refractivity contribution < 1.29 is 5.11 Å². The summed E-state index contributed by atoms with van der Waals surface area (Å²) in [5, 5.41) is 8.56. The molecule has 0 aliphatic rings. The maximum absolute atomic E-state index is 8.29. The molecule has 0 aromatic heterocycles. The smallest absolute Gasteiger partial charge is 0.130 e. The standard InChI is InChI=1S/C6H7Cl2NO/c7-5-9-6(8)3-1-2-4-10/h1-3,5,10H,4H2/b2-1+,6-3-,9-5+. The highest BCUT2D eigenvalue weighted by Crippen LogP contribution is 2.01. The number of aliphatic hydroxyl groups is 1. The molecule has 0 unspecified atom stereocenters. The molecule has 4 heteroatoms. The second-order valence-corrected chi connectivity index (χ2v) is 1.91. The molecule has 0 fully saturated rings. The zero-order chi connectivity index (χ0) is 7.82. The van der Waals surface area contributed by atoms with E-state index in [0.717, 1.165) is 5.67 Å². The van der Waals surface area contributed by atoms with Crippen LogP contribution in [0.1, 0.15) is 0 Å². The van der Waals surface area contributed by atoms with Crippen molar-refractivity contribution in [3.8, 4) is 0 Å². The maximum atomic E-state index is 8.29. The van der Waals surface area contributed by atoms with E-state index >= 15 is 0 Å². The Morgan fingerprint density at radius 1 is 1.60 bits per heavy atom. The molecule has 0 radical (unpaired) electrons. The molecule has 0 saturated carbocycles. The molecule has 10 heavy (non-hydrogen) atoms. The van der Waals surface area contributed by atoms with Gasteiger partial charge in [-0.2, -0.15) is 0 Å². The van der Waals surface area contributed by atoms with Crippen molar-refractivity contribution in [1.82, 2.24) is 0 Å². The van der Waals surface area contributed by atoms with E-state index < -0.39 is 0 Å². The minimum Gasteiger partial charge on any atom is -0.392 e. The third kappa shape index (κ3) is 5.82. The fourth-order valence-electron chi connectivity index (χ4n) is 0.298. The van der Waals surface area contributed by atoms with Crippen molar-refractivity contribution in [2.24, 2.45) is 4.99 Å². The van der Waals surface area contributed by atoms with Crippen LogP contribution in [0.25, 0.3) is 0 Å². The zero-order valence-electron chi connectivity index (χ0n) is 5.17. The average molecular weight is 180 g/mol. The Hall–Kier alpha value is -0.310. The van der Waals surface area contributed by atoms with Crippen molar-refractivity contribution in [2.45, 2.75) is 0 Å². The highest BCUT2D eigenvalue weighted by Gasteiger charge is 1.78. The van der Waals surface area contributed by atoms with Gasteiger partial charge < -0.3 is 5.11 Å². The first-order chi connectivity index (χ1) is 4.81. The molecule has 0 bridgehead atoms. The maximum Gasteiger partial charge on any atom is 0.130 e. The van der Waals surface area contributed by atoms with Crippen molar-refractivity contribution >= 4 is 28.9 Å². The van der Waals surface area contributed by atoms with Crippen LogP contribution in [0.3, 0.4) is 0 Å². The van der Waals surface area contributed by atoms with E-state index in [4.69, 9.17) is 28.3 Å². The summed E-state index contributed by atoms with van der Waals surface area (Å²) < 4.78 is 0. The molecule has 0 atom stereocenters. The summed E-state index contributed by atoms with van der Waals surface area (Å²) in [5.74, 6) is 0. The van der Waals surface area contributed by atoms with Gasteiger partial charge in [0.25, 0.3) is 0 Å². The third-order valence-electron chi connectivity index (χ3n) is 0.647. The quantitative estimate of drug-likeness (QED) is 0.401. The van der Waals surface area contributed by atoms with Gasteiger partial charge in [-0.05, 0) is 6.08 Å². The van der Waals surface area contributed by atoms with Crippen LogP contribution in [0.15, 0.2) is 28.4 Å². The Morgan fingerprint density at radius 2 is 2.30 bits per heavy atom. The molecule has 0 amide bonds. The minimum atomic E-state index is -0.00867. The van der Waals surface area contributed by atoms with Crippen LogP contribution in [0, 0.1) is 0 Å². The van der Waals surface area contributed by atoms with Crippen molar-refractivity contribution in [2.75, 3.05) is 6.61 Å². The number of hydrogen-bond donors (Lipinski definition) is 1. The summed E-state index contributed by atoms with van der Waals surface area (Å²) in [7, 11) is 0. The summed E-state index contributed by atoms with van der Waals surface area (Å²) in [4.78, 5) is 3.53. The van der Waals surface area contributed by atoms with Crippen molar-refractivity contribution in [1.29, 1.82) is 0 Å². The lowest BCUT2D eigenvalue weighted by atomic mass is 10.5. The SMILES string of the molecule is OC/C=C/C=C(Cl)\N=C\Cl. The van der Waals surface area contributed by atoms with Gasteiger partial charge >= 0.3 is 0 Å². The van der Waals surface area contributed by atoms with Gasteiger partial charge in [0.15, 0.2) is 0 Å². The third-order valence-corrected chi connectivity index (χ3v) is 0.969. The molecule has 0 spiro atoms. The number of aliphatic imine (C=N–C) groups is 1. The Labute approximate surface area is 69.5 Å². The topological polar surface area (TPSA) is 32.6 Å². The van der Waals surface area contributed by atoms with Crippen LogP contribution in [-0.4, -0.2) is 17.4 Å². The summed E-state index contributed by atoms with van der Waals surface area (Å²) in [5.41, 5.74) is 1.08. The predicted octanol–water partition coefficient (Wildman–Crippen LogP) is 1.88. The molecular formula is C6H7Cl2NO. The molecule has 0 aliphatic heterocycles. The molecule has 0 aromatic carbocycles. The Morgan fingerprint density at radius 3 is 2.80 bits per heavy atom. The summed E-state index contributed by atoms with van der Waals surface area (Å²) in [6.07, 6.45) is 4.65. The van der Waals surface area contributed by atoms with Gasteiger partial charge in [-0.3, -0.25) is 0 Å². The zero-order valence-corrected chi connectivity index (χ0v) is 6.68. The van der Waals surface area contributed by atoms with Crippen molar-refractivity contribution in [3.63, 3.8) is 0 Å². The normalized spacial score (nSPS) is 13.7. The van der Waals surface area contributed by atoms with Crippen LogP contribution < -0.4 is 0 Å². The van der Waals surface area contributed by atoms with Gasteiger partial charge in [0.2, 0.25) is 0 Å². The lowest BCUT2D eigenvalue weighted by molar-refractivity contribution is 0.343. The lowest BCUT2D eigenvalue weighted by Gasteiger charge is -1.81. The molecular weight excluding hydrogens is 173 g/mol. The van der Waals surface area contributed by atoms with Gasteiger partial charge in [0.1, 0.15) is 5.16 Å². The van der Waals surface area contributed by atoms with Gasteiger partial charge in [0.05, 0.1) is 12.3 Å². The summed E-state index contributed by atoms with van der Waals surface area (Å²) >= 11 is 10.6. The molecule has 0 heterocycles. The van der Waals surface area contributed by atoms with Crippen LogP contribution in [0.4, 0.5) is 0 Å². The molecule has 0 rings (SSSR count). The highest BCUT2D eigenvalue weighted by atomic mass is 35.5. The monoisotopic (exact) mass is 179 g/mol. The summed E-state index contributed by atoms with van der Waals surface area (Å²) in [6, 6.07) is 0. The van der Waals surface area contributed by atoms with Gasteiger partial charge in [-0.1, -0.05) is 35.4 Å². The fourth-order valence-corrected chi connectivity index (χ4v) is 0.575. The van der Waals surface area contributed by atoms with E-state index in [0.29, 0.717) is 0 Å². The molecule has 56 valence electrons. The average Bonchev–Trinajstić information content (AvgIpc) is 1.89. The Balaban J connectivity index is 3.79. The first-order valence-corrected chi connectivity index (χ1v) is 3.38. The first-order valence-electron chi connectivity index (χ1n) is 2.57. The van der Waals surface area contributed by atoms with Crippen LogP contribution in [0.5, 0.6) is 0 Å². The summed E-state index contributed by atoms with van der Waals surface area (Å²) in [6.45, 7) is -0.00867. The number of rotatable bonds is 3. The van der Waals surface area contributed by atoms with E-state index in [1.165, 1.54) is 12.2 Å². The molecule has 0 aromatic rings. The molecule has 1 N–H and O–H groups in total. The molecule has 0 aliphatic carbocycles. The fraction of sp³-hybridized carbons (Fsp3) is 0.167. The highest BCUT2D eigenvalue weighted by molar-refractivity contribution is 6.56. The first kappa shape index (κ1) is 9.69. The van der Waals surface area contributed by atoms with E-state index in [-0.39, 0.29) is 11.8 Å². The number of hydrogen-bond acceptors (Lipinski definition) is 2. The number of nitrogens with zero attached hydrogens (tertiary/aromatic N) is 1. The Bertz CT molecular complexity index is 163. The van der Waals surface area contributed by atoms with E-state index in [1.807, 2.05) is 0 Å². The number of halogens is 2. The van der Waals surface area contributed by atoms with Crippen LogP contribution in [0.2, 0.25) is 0 Å². The van der Waals surface area contributed by atoms with Crippen molar-refractivity contribution in [3.05, 3.63) is 23.4 Å². The van der Waals surface area contributed by atoms with Gasteiger partial charge in [-0.25, -0.2) is 4.99 Å². The minimum absolute atomic E-state index is 0.00867. The molecule has 2 nitrogen and oxygen atoms in total. The van der Waals surface area contributed by atoms with E-state index in [2.05, 4.69) is 4.99 Å². The van der Waals surface area contributed by atoms with Gasteiger partial charge in [-0.15, -0.1) is 0 Å². The Kier molecular flexibility index (Phi) is 6.59. The second kappa shape index (κ2) is 6.81. The second-order valence-electron chi connectivity index (χ2n) is 1.33. The number of aliphatic hydroxyl groups excluding tert-OH is 1. The molecule has 0 saturated heterocycles. The largest absolute Gasteiger partial charge is 0.392 e. The lowest BCUT2D eigenvalue weighted by Crippen LogP contribution is -1.68. The van der Waals surface area contributed by atoms with Crippen LogP contribution >= 0.6 is 23.2 Å². The van der Waals surface area contributed by atoms with Gasteiger partial charge in [0, 0.05) is 0 Å². The van der Waals surface area contributed by atoms with E-state index in [9.17, 15) is 0 Å². The van der Waals surface area contributed by atoms with E-state index in [1.54, 1.807) is 6.08 Å². The predicted molar refractivity (Wildman–Crippen MR) is 44.5 cm³/mol.